The number of amides is 1. The van der Waals surface area contributed by atoms with Crippen molar-refractivity contribution in [3.8, 4) is 11.5 Å². The fourth-order valence-corrected chi connectivity index (χ4v) is 3.95. The lowest BCUT2D eigenvalue weighted by Gasteiger charge is -2.26. The minimum Gasteiger partial charge on any atom is -0.493 e. The summed E-state index contributed by atoms with van der Waals surface area (Å²) in [5.41, 5.74) is 1.97. The summed E-state index contributed by atoms with van der Waals surface area (Å²) in [6, 6.07) is 13.7. The van der Waals surface area contributed by atoms with Crippen molar-refractivity contribution < 1.29 is 19.0 Å². The Balaban J connectivity index is 1.42. The number of hydrogen-bond donors (Lipinski definition) is 0. The predicted molar refractivity (Wildman–Crippen MR) is 114 cm³/mol. The van der Waals surface area contributed by atoms with Gasteiger partial charge < -0.3 is 19.1 Å². The summed E-state index contributed by atoms with van der Waals surface area (Å²) in [5.74, 6) is 1.09. The minimum atomic E-state index is -0.0461. The van der Waals surface area contributed by atoms with Crippen molar-refractivity contribution in [3.63, 3.8) is 0 Å². The normalized spacial score (nSPS) is 14.4. The molecule has 0 N–H and O–H groups in total. The molecule has 1 aliphatic rings. The average molecular weight is 410 g/mol. The Morgan fingerprint density at radius 3 is 2.79 bits per heavy atom. The summed E-state index contributed by atoms with van der Waals surface area (Å²) in [7, 11) is 1.59. The van der Waals surface area contributed by atoms with E-state index < -0.39 is 0 Å². The molecule has 1 aromatic heterocycles. The lowest BCUT2D eigenvalue weighted by Crippen LogP contribution is -2.43. The molecule has 2 aromatic carbocycles. The molecule has 0 saturated carbocycles. The Bertz CT molecular complexity index is 992. The molecular formula is C22H22N2O4S. The number of rotatable bonds is 6. The molecule has 0 bridgehead atoms. The van der Waals surface area contributed by atoms with E-state index >= 15 is 0 Å². The number of carbonyl (C=O) groups is 1. The van der Waals surface area contributed by atoms with E-state index in [4.69, 9.17) is 14.2 Å². The first-order chi connectivity index (χ1) is 14.2. The van der Waals surface area contributed by atoms with E-state index in [9.17, 15) is 4.79 Å². The van der Waals surface area contributed by atoms with Gasteiger partial charge in [-0.2, -0.15) is 0 Å². The smallest absolute Gasteiger partial charge is 0.260 e. The van der Waals surface area contributed by atoms with E-state index in [1.165, 1.54) is 4.70 Å². The number of hydrogen-bond acceptors (Lipinski definition) is 6. The molecular weight excluding hydrogens is 388 g/mol. The summed E-state index contributed by atoms with van der Waals surface area (Å²) < 4.78 is 17.6. The van der Waals surface area contributed by atoms with Gasteiger partial charge >= 0.3 is 0 Å². The highest BCUT2D eigenvalue weighted by Crippen LogP contribution is 2.29. The van der Waals surface area contributed by atoms with E-state index in [2.05, 4.69) is 11.1 Å². The molecule has 0 spiro atoms. The van der Waals surface area contributed by atoms with Gasteiger partial charge in [-0.1, -0.05) is 24.3 Å². The van der Waals surface area contributed by atoms with Crippen molar-refractivity contribution in [2.75, 3.05) is 40.0 Å². The van der Waals surface area contributed by atoms with Gasteiger partial charge in [0.05, 0.1) is 30.5 Å². The third kappa shape index (κ3) is 4.75. The second-order valence-electron chi connectivity index (χ2n) is 6.55. The summed E-state index contributed by atoms with van der Waals surface area (Å²) in [6.45, 7) is 2.34. The van der Waals surface area contributed by atoms with Gasteiger partial charge in [-0.25, -0.2) is 4.98 Å². The fourth-order valence-electron chi connectivity index (χ4n) is 3.08. The molecule has 29 heavy (non-hydrogen) atoms. The highest BCUT2D eigenvalue weighted by molar-refractivity contribution is 7.19. The highest BCUT2D eigenvalue weighted by Gasteiger charge is 2.18. The maximum atomic E-state index is 12.3. The zero-order valence-corrected chi connectivity index (χ0v) is 17.0. The lowest BCUT2D eigenvalue weighted by atomic mass is 10.2. The highest BCUT2D eigenvalue weighted by atomic mass is 32.1. The Hall–Kier alpha value is -2.90. The van der Waals surface area contributed by atoms with Crippen molar-refractivity contribution in [2.24, 2.45) is 0 Å². The van der Waals surface area contributed by atoms with Crippen LogP contribution < -0.4 is 9.47 Å². The zero-order valence-electron chi connectivity index (χ0n) is 16.2. The van der Waals surface area contributed by atoms with Crippen LogP contribution in [-0.2, 0) is 9.53 Å². The van der Waals surface area contributed by atoms with Gasteiger partial charge in [0.15, 0.2) is 18.1 Å². The van der Waals surface area contributed by atoms with Gasteiger partial charge in [0, 0.05) is 13.1 Å². The molecule has 4 rings (SSSR count). The monoisotopic (exact) mass is 410 g/mol. The number of morpholine rings is 1. The van der Waals surface area contributed by atoms with Gasteiger partial charge in [0.2, 0.25) is 0 Å². The molecule has 7 heteroatoms. The number of fused-ring (bicyclic) bond motifs is 1. The zero-order chi connectivity index (χ0) is 20.1. The van der Waals surface area contributed by atoms with E-state index in [0.717, 1.165) is 16.1 Å². The Morgan fingerprint density at radius 1 is 1.17 bits per heavy atom. The van der Waals surface area contributed by atoms with Gasteiger partial charge in [-0.15, -0.1) is 11.3 Å². The van der Waals surface area contributed by atoms with Crippen LogP contribution in [0.25, 0.3) is 22.4 Å². The van der Waals surface area contributed by atoms with Crippen molar-refractivity contribution in [1.29, 1.82) is 0 Å². The number of benzene rings is 2. The third-order valence-electron chi connectivity index (χ3n) is 4.63. The van der Waals surface area contributed by atoms with Crippen molar-refractivity contribution in [3.05, 3.63) is 53.0 Å². The first-order valence-corrected chi connectivity index (χ1v) is 10.2. The molecule has 150 valence electrons. The van der Waals surface area contributed by atoms with Gasteiger partial charge in [0.1, 0.15) is 5.01 Å². The number of aromatic nitrogens is 1. The molecule has 1 fully saturated rings. The topological polar surface area (TPSA) is 60.9 Å². The van der Waals surface area contributed by atoms with E-state index in [1.807, 2.05) is 48.6 Å². The van der Waals surface area contributed by atoms with Crippen molar-refractivity contribution >= 4 is 39.6 Å². The molecule has 6 nitrogen and oxygen atoms in total. The quantitative estimate of drug-likeness (QED) is 0.620. The van der Waals surface area contributed by atoms with E-state index in [-0.39, 0.29) is 12.5 Å². The maximum Gasteiger partial charge on any atom is 0.260 e. The van der Waals surface area contributed by atoms with Gasteiger partial charge in [-0.05, 0) is 35.9 Å². The largest absolute Gasteiger partial charge is 0.493 e. The number of ether oxygens (including phenoxy) is 3. The number of nitrogens with zero attached hydrogens (tertiary/aromatic N) is 2. The Kier molecular flexibility index (Phi) is 6.07. The third-order valence-corrected chi connectivity index (χ3v) is 5.63. The molecule has 1 amide bonds. The average Bonchev–Trinajstić information content (AvgIpc) is 3.20. The second kappa shape index (κ2) is 9.07. The summed E-state index contributed by atoms with van der Waals surface area (Å²) in [5, 5.41) is 0.946. The molecule has 1 aliphatic heterocycles. The Morgan fingerprint density at radius 2 is 2.00 bits per heavy atom. The van der Waals surface area contributed by atoms with Crippen LogP contribution in [0, 0.1) is 0 Å². The molecule has 1 saturated heterocycles. The fraction of sp³-hybridized carbons (Fsp3) is 0.273. The summed E-state index contributed by atoms with van der Waals surface area (Å²) in [6.07, 6.45) is 3.98. The first kappa shape index (κ1) is 19.4. The van der Waals surface area contributed by atoms with Crippen LogP contribution in [0.15, 0.2) is 42.5 Å². The van der Waals surface area contributed by atoms with Crippen LogP contribution >= 0.6 is 11.3 Å². The SMILES string of the molecule is COc1cc(/C=C/c2nc3ccccc3s2)ccc1OCC(=O)N1CCOCC1. The number of thiazole rings is 1. The first-order valence-electron chi connectivity index (χ1n) is 9.43. The van der Waals surface area contributed by atoms with Gasteiger partial charge in [0.25, 0.3) is 5.91 Å². The molecule has 0 unspecified atom stereocenters. The number of methoxy groups -OCH3 is 1. The Labute approximate surface area is 173 Å². The summed E-state index contributed by atoms with van der Waals surface area (Å²) in [4.78, 5) is 18.6. The molecule has 0 atom stereocenters. The van der Waals surface area contributed by atoms with E-state index in [1.54, 1.807) is 23.3 Å². The second-order valence-corrected chi connectivity index (χ2v) is 7.61. The van der Waals surface area contributed by atoms with Crippen molar-refractivity contribution in [1.82, 2.24) is 9.88 Å². The van der Waals surface area contributed by atoms with Crippen LogP contribution in [0.5, 0.6) is 11.5 Å². The van der Waals surface area contributed by atoms with Crippen molar-refractivity contribution in [2.45, 2.75) is 0 Å². The van der Waals surface area contributed by atoms with Crippen LogP contribution in [-0.4, -0.2) is 55.8 Å². The molecule has 0 radical (unpaired) electrons. The maximum absolute atomic E-state index is 12.3. The number of para-hydroxylation sites is 1. The van der Waals surface area contributed by atoms with Crippen LogP contribution in [0.3, 0.4) is 0 Å². The molecule has 3 aromatic rings. The molecule has 2 heterocycles. The number of carbonyl (C=O) groups excluding carboxylic acids is 1. The van der Waals surface area contributed by atoms with E-state index in [0.29, 0.717) is 37.8 Å². The summed E-state index contributed by atoms with van der Waals surface area (Å²) >= 11 is 1.65. The van der Waals surface area contributed by atoms with Crippen LogP contribution in [0.1, 0.15) is 10.6 Å². The standard InChI is InChI=1S/C22H22N2O4S/c1-26-19-14-16(7-9-21-23-17-4-2-3-5-20(17)29-21)6-8-18(19)28-15-22(25)24-10-12-27-13-11-24/h2-9,14H,10-13,15H2,1H3/b9-7+. The predicted octanol–water partition coefficient (Wildman–Crippen LogP) is 3.71. The lowest BCUT2D eigenvalue weighted by molar-refractivity contribution is -0.137. The van der Waals surface area contributed by atoms with Gasteiger partial charge in [-0.3, -0.25) is 4.79 Å². The minimum absolute atomic E-state index is 0.0166. The van der Waals surface area contributed by atoms with Crippen LogP contribution in [0.4, 0.5) is 0 Å². The van der Waals surface area contributed by atoms with Crippen LogP contribution in [0.2, 0.25) is 0 Å². The molecule has 0 aliphatic carbocycles.